The molecule has 0 radical (unpaired) electrons. The van der Waals surface area contributed by atoms with Crippen LogP contribution in [0.25, 0.3) is 0 Å². The Morgan fingerprint density at radius 2 is 1.65 bits per heavy atom. The topological polar surface area (TPSA) is 46.6 Å². The van der Waals surface area contributed by atoms with Gasteiger partial charge in [-0.3, -0.25) is 9.59 Å². The van der Waals surface area contributed by atoms with Gasteiger partial charge in [0.1, 0.15) is 5.75 Å². The first-order valence-corrected chi connectivity index (χ1v) is 5.66. The predicted molar refractivity (Wildman–Crippen MR) is 65.0 cm³/mol. The van der Waals surface area contributed by atoms with E-state index in [9.17, 15) is 9.59 Å². The van der Waals surface area contributed by atoms with Crippen LogP contribution in [-0.4, -0.2) is 29.9 Å². The lowest BCUT2D eigenvalue weighted by atomic mass is 10.2. The van der Waals surface area contributed by atoms with Crippen LogP contribution in [0.5, 0.6) is 5.75 Å². The van der Waals surface area contributed by atoms with E-state index < -0.39 is 0 Å². The average Bonchev–Trinajstić information content (AvgIpc) is 2.30. The maximum atomic E-state index is 12.0. The zero-order chi connectivity index (χ0) is 12.8. The third-order valence-corrected chi connectivity index (χ3v) is 2.41. The summed E-state index contributed by atoms with van der Waals surface area (Å²) in [5.41, 5.74) is 0.601. The van der Waals surface area contributed by atoms with E-state index in [0.29, 0.717) is 24.4 Å². The second-order valence-electron chi connectivity index (χ2n) is 3.60. The van der Waals surface area contributed by atoms with Crippen molar-refractivity contribution in [3.05, 3.63) is 29.8 Å². The fourth-order valence-corrected chi connectivity index (χ4v) is 1.52. The summed E-state index contributed by atoms with van der Waals surface area (Å²) >= 11 is 0. The number of nitrogens with zero attached hydrogens (tertiary/aromatic N) is 1. The number of ether oxygens (including phenoxy) is 1. The minimum absolute atomic E-state index is 0.00984. The highest BCUT2D eigenvalue weighted by molar-refractivity contribution is 5.94. The lowest BCUT2D eigenvalue weighted by Gasteiger charge is -2.18. The maximum Gasteiger partial charge on any atom is 0.308 e. The van der Waals surface area contributed by atoms with Gasteiger partial charge in [-0.1, -0.05) is 0 Å². The Balaban J connectivity index is 2.80. The van der Waals surface area contributed by atoms with Gasteiger partial charge < -0.3 is 9.64 Å². The molecule has 0 aliphatic rings. The van der Waals surface area contributed by atoms with Crippen LogP contribution >= 0.6 is 0 Å². The van der Waals surface area contributed by atoms with E-state index in [4.69, 9.17) is 4.74 Å². The SMILES string of the molecule is CCN(CC)C(=O)c1ccc(OC(C)=O)cc1. The minimum atomic E-state index is -0.368. The van der Waals surface area contributed by atoms with E-state index in [1.54, 1.807) is 29.2 Å². The molecule has 0 bridgehead atoms. The molecule has 0 aromatic heterocycles. The number of carbonyl (C=O) groups is 2. The molecule has 0 unspecified atom stereocenters. The Bertz CT molecular complexity index is 394. The van der Waals surface area contributed by atoms with Crippen LogP contribution in [0.2, 0.25) is 0 Å². The van der Waals surface area contributed by atoms with Crippen LogP contribution in [-0.2, 0) is 4.79 Å². The van der Waals surface area contributed by atoms with Gasteiger partial charge in [-0.15, -0.1) is 0 Å². The smallest absolute Gasteiger partial charge is 0.308 e. The van der Waals surface area contributed by atoms with Crippen LogP contribution in [0.3, 0.4) is 0 Å². The highest BCUT2D eigenvalue weighted by Crippen LogP contribution is 2.13. The highest BCUT2D eigenvalue weighted by atomic mass is 16.5. The molecule has 92 valence electrons. The summed E-state index contributed by atoms with van der Waals surface area (Å²) in [4.78, 5) is 24.4. The summed E-state index contributed by atoms with van der Waals surface area (Å²) in [7, 11) is 0. The molecule has 1 rings (SSSR count). The standard InChI is InChI=1S/C13H17NO3/c1-4-14(5-2)13(16)11-6-8-12(9-7-11)17-10(3)15/h6-9H,4-5H2,1-3H3. The van der Waals surface area contributed by atoms with Gasteiger partial charge >= 0.3 is 5.97 Å². The molecule has 4 nitrogen and oxygen atoms in total. The van der Waals surface area contributed by atoms with Crippen molar-refractivity contribution in [3.63, 3.8) is 0 Å². The third-order valence-electron chi connectivity index (χ3n) is 2.41. The minimum Gasteiger partial charge on any atom is -0.427 e. The van der Waals surface area contributed by atoms with Crippen molar-refractivity contribution in [3.8, 4) is 5.75 Å². The number of hydrogen-bond donors (Lipinski definition) is 0. The lowest BCUT2D eigenvalue weighted by Crippen LogP contribution is -2.30. The quantitative estimate of drug-likeness (QED) is 0.593. The Kier molecular flexibility index (Phi) is 4.69. The number of amides is 1. The fourth-order valence-electron chi connectivity index (χ4n) is 1.52. The molecule has 0 spiro atoms. The average molecular weight is 235 g/mol. The van der Waals surface area contributed by atoms with Gasteiger partial charge in [-0.2, -0.15) is 0 Å². The largest absolute Gasteiger partial charge is 0.427 e. The Morgan fingerprint density at radius 1 is 1.12 bits per heavy atom. The zero-order valence-corrected chi connectivity index (χ0v) is 10.4. The molecule has 0 N–H and O–H groups in total. The molecule has 0 aliphatic heterocycles. The molecule has 0 fully saturated rings. The van der Waals surface area contributed by atoms with Crippen molar-refractivity contribution in [1.82, 2.24) is 4.90 Å². The second kappa shape index (κ2) is 6.03. The molecule has 4 heteroatoms. The van der Waals surface area contributed by atoms with Gasteiger partial charge in [0.05, 0.1) is 0 Å². The molecular formula is C13H17NO3. The molecule has 0 aliphatic carbocycles. The zero-order valence-electron chi connectivity index (χ0n) is 10.4. The van der Waals surface area contributed by atoms with Crippen LogP contribution in [0.1, 0.15) is 31.1 Å². The van der Waals surface area contributed by atoms with E-state index in [-0.39, 0.29) is 11.9 Å². The highest BCUT2D eigenvalue weighted by Gasteiger charge is 2.12. The molecule has 0 saturated heterocycles. The van der Waals surface area contributed by atoms with Gasteiger partial charge in [-0.05, 0) is 38.1 Å². The molecule has 1 amide bonds. The van der Waals surface area contributed by atoms with E-state index in [1.165, 1.54) is 6.92 Å². The van der Waals surface area contributed by atoms with Gasteiger partial charge in [0.15, 0.2) is 0 Å². The van der Waals surface area contributed by atoms with E-state index in [0.717, 1.165) is 0 Å². The molecule has 0 saturated carbocycles. The molecular weight excluding hydrogens is 218 g/mol. The van der Waals surface area contributed by atoms with Crippen molar-refractivity contribution in [1.29, 1.82) is 0 Å². The van der Waals surface area contributed by atoms with Gasteiger partial charge in [0.2, 0.25) is 0 Å². The van der Waals surface area contributed by atoms with Crippen molar-refractivity contribution >= 4 is 11.9 Å². The van der Waals surface area contributed by atoms with Crippen molar-refractivity contribution in [2.75, 3.05) is 13.1 Å². The summed E-state index contributed by atoms with van der Waals surface area (Å²) in [6, 6.07) is 6.58. The number of rotatable bonds is 4. The summed E-state index contributed by atoms with van der Waals surface area (Å²) in [6.07, 6.45) is 0. The van der Waals surface area contributed by atoms with Gasteiger partial charge in [-0.25, -0.2) is 0 Å². The summed E-state index contributed by atoms with van der Waals surface area (Å²) in [6.45, 7) is 6.58. The number of benzene rings is 1. The van der Waals surface area contributed by atoms with Gasteiger partial charge in [0, 0.05) is 25.6 Å². The van der Waals surface area contributed by atoms with Crippen molar-refractivity contribution < 1.29 is 14.3 Å². The van der Waals surface area contributed by atoms with E-state index in [2.05, 4.69) is 0 Å². The monoisotopic (exact) mass is 235 g/mol. The Hall–Kier alpha value is -1.84. The first kappa shape index (κ1) is 13.2. The van der Waals surface area contributed by atoms with E-state index in [1.807, 2.05) is 13.8 Å². The summed E-state index contributed by atoms with van der Waals surface area (Å²) in [5, 5.41) is 0. The Labute approximate surface area is 101 Å². The Morgan fingerprint density at radius 3 is 2.06 bits per heavy atom. The molecule has 1 aromatic rings. The number of hydrogen-bond acceptors (Lipinski definition) is 3. The second-order valence-corrected chi connectivity index (χ2v) is 3.60. The molecule has 17 heavy (non-hydrogen) atoms. The third kappa shape index (κ3) is 3.59. The first-order valence-electron chi connectivity index (χ1n) is 5.66. The predicted octanol–water partition coefficient (Wildman–Crippen LogP) is 2.09. The molecule has 0 atom stereocenters. The van der Waals surface area contributed by atoms with Crippen molar-refractivity contribution in [2.45, 2.75) is 20.8 Å². The summed E-state index contributed by atoms with van der Waals surface area (Å²) in [5.74, 6) is 0.0748. The normalized spacial score (nSPS) is 9.82. The lowest BCUT2D eigenvalue weighted by molar-refractivity contribution is -0.131. The van der Waals surface area contributed by atoms with Crippen LogP contribution < -0.4 is 4.74 Å². The van der Waals surface area contributed by atoms with Crippen LogP contribution in [0.15, 0.2) is 24.3 Å². The number of esters is 1. The molecule has 1 aromatic carbocycles. The first-order chi connectivity index (χ1) is 8.08. The van der Waals surface area contributed by atoms with E-state index >= 15 is 0 Å². The van der Waals surface area contributed by atoms with Crippen molar-refractivity contribution in [2.24, 2.45) is 0 Å². The van der Waals surface area contributed by atoms with Crippen LogP contribution in [0, 0.1) is 0 Å². The van der Waals surface area contributed by atoms with Crippen LogP contribution in [0.4, 0.5) is 0 Å². The van der Waals surface area contributed by atoms with Gasteiger partial charge in [0.25, 0.3) is 5.91 Å². The summed E-state index contributed by atoms with van der Waals surface area (Å²) < 4.78 is 4.90. The molecule has 0 heterocycles. The maximum absolute atomic E-state index is 12.0. The number of carbonyl (C=O) groups excluding carboxylic acids is 2. The fraction of sp³-hybridized carbons (Fsp3) is 0.385.